The fraction of sp³-hybridized carbons (Fsp3) is 0.400. The third-order valence-corrected chi connectivity index (χ3v) is 2.83. The molecule has 17 heavy (non-hydrogen) atoms. The zero-order valence-electron chi connectivity index (χ0n) is 9.75. The van der Waals surface area contributed by atoms with Crippen molar-refractivity contribution >= 4 is 23.4 Å². The van der Waals surface area contributed by atoms with Gasteiger partial charge in [0.05, 0.1) is 0 Å². The van der Waals surface area contributed by atoms with E-state index in [1.807, 2.05) is 0 Å². The molecule has 0 spiro atoms. The van der Waals surface area contributed by atoms with E-state index in [9.17, 15) is 0 Å². The molecule has 0 unspecified atom stereocenters. The molecule has 7 heteroatoms. The van der Waals surface area contributed by atoms with Crippen LogP contribution >= 0.6 is 23.4 Å². The van der Waals surface area contributed by atoms with Gasteiger partial charge in [-0.2, -0.15) is 20.1 Å². The molecule has 0 aromatic carbocycles. The van der Waals surface area contributed by atoms with Crippen LogP contribution < -0.4 is 0 Å². The number of rotatable bonds is 2. The van der Waals surface area contributed by atoms with Gasteiger partial charge in [-0.3, -0.25) is 0 Å². The Labute approximate surface area is 109 Å². The minimum absolute atomic E-state index is 0.0199. The summed E-state index contributed by atoms with van der Waals surface area (Å²) >= 11 is 7.42. The van der Waals surface area contributed by atoms with E-state index >= 15 is 0 Å². The van der Waals surface area contributed by atoms with Crippen LogP contribution in [0.5, 0.6) is 0 Å². The van der Waals surface area contributed by atoms with Gasteiger partial charge in [0.1, 0.15) is 0 Å². The molecule has 0 N–H and O–H groups in total. The molecule has 5 nitrogen and oxygen atoms in total. The molecule has 0 fully saturated rings. The molecule has 0 atom stereocenters. The highest BCUT2D eigenvalue weighted by Gasteiger charge is 2.16. The van der Waals surface area contributed by atoms with Gasteiger partial charge >= 0.3 is 0 Å². The molecule has 2 aromatic rings. The van der Waals surface area contributed by atoms with E-state index in [4.69, 9.17) is 11.6 Å². The van der Waals surface area contributed by atoms with Gasteiger partial charge in [0, 0.05) is 17.1 Å². The maximum atomic E-state index is 5.88. The van der Waals surface area contributed by atoms with Crippen LogP contribution in [0.15, 0.2) is 23.6 Å². The topological polar surface area (TPSA) is 56.5 Å². The predicted octanol–water partition coefficient (Wildman–Crippen LogP) is 2.60. The van der Waals surface area contributed by atoms with E-state index < -0.39 is 0 Å². The summed E-state index contributed by atoms with van der Waals surface area (Å²) in [5.74, 6) is 0.432. The third-order valence-electron chi connectivity index (χ3n) is 1.68. The van der Waals surface area contributed by atoms with E-state index in [1.165, 1.54) is 11.8 Å². The average molecular weight is 270 g/mol. The van der Waals surface area contributed by atoms with Crippen LogP contribution in [0.4, 0.5) is 0 Å². The SMILES string of the molecule is CC(C)(C)Sc1nc(Cl)nc(-n2cccn2)n1. The molecule has 0 aliphatic carbocycles. The Morgan fingerprint density at radius 3 is 2.59 bits per heavy atom. The van der Waals surface area contributed by atoms with Gasteiger partial charge in [-0.25, -0.2) is 4.68 Å². The summed E-state index contributed by atoms with van der Waals surface area (Å²) in [6.45, 7) is 6.26. The Bertz CT molecular complexity index is 506. The van der Waals surface area contributed by atoms with Gasteiger partial charge < -0.3 is 0 Å². The predicted molar refractivity (Wildman–Crippen MR) is 67.6 cm³/mol. The minimum atomic E-state index is 0.0199. The van der Waals surface area contributed by atoms with Crippen molar-refractivity contribution < 1.29 is 0 Å². The Morgan fingerprint density at radius 2 is 2.00 bits per heavy atom. The van der Waals surface area contributed by atoms with Crippen LogP contribution in [0, 0.1) is 0 Å². The average Bonchev–Trinajstić information content (AvgIpc) is 2.65. The molecule has 2 aromatic heterocycles. The molecule has 0 amide bonds. The van der Waals surface area contributed by atoms with Crippen LogP contribution in [0.2, 0.25) is 5.28 Å². The molecule has 0 saturated heterocycles. The van der Waals surface area contributed by atoms with Crippen LogP contribution in [0.25, 0.3) is 5.95 Å². The van der Waals surface area contributed by atoms with Gasteiger partial charge in [0.15, 0.2) is 5.16 Å². The van der Waals surface area contributed by atoms with Crippen molar-refractivity contribution in [1.29, 1.82) is 0 Å². The number of nitrogens with zero attached hydrogens (tertiary/aromatic N) is 5. The molecule has 0 bridgehead atoms. The second kappa shape index (κ2) is 4.62. The van der Waals surface area contributed by atoms with Crippen LogP contribution in [-0.2, 0) is 0 Å². The first kappa shape index (κ1) is 12.3. The Hall–Kier alpha value is -1.14. The molecule has 0 aliphatic heterocycles. The quantitative estimate of drug-likeness (QED) is 0.785. The smallest absolute Gasteiger partial charge is 0.206 e. The van der Waals surface area contributed by atoms with Crippen molar-refractivity contribution in [2.75, 3.05) is 0 Å². The van der Waals surface area contributed by atoms with E-state index in [0.717, 1.165) is 0 Å². The Balaban J connectivity index is 2.36. The fourth-order valence-electron chi connectivity index (χ4n) is 1.13. The summed E-state index contributed by atoms with van der Waals surface area (Å²) in [5, 5.41) is 4.84. The van der Waals surface area contributed by atoms with Gasteiger partial charge in [-0.1, -0.05) is 32.5 Å². The number of aromatic nitrogens is 5. The van der Waals surface area contributed by atoms with Crippen LogP contribution in [0.1, 0.15) is 20.8 Å². The largest absolute Gasteiger partial charge is 0.255 e. The standard InChI is InChI=1S/C10H12ClN5S/c1-10(2,3)17-9-14-7(11)13-8(15-9)16-6-4-5-12-16/h4-6H,1-3H3. The molecule has 2 rings (SSSR count). The number of halogens is 1. The zero-order valence-corrected chi connectivity index (χ0v) is 11.3. The summed E-state index contributed by atoms with van der Waals surface area (Å²) < 4.78 is 1.58. The van der Waals surface area contributed by atoms with E-state index in [-0.39, 0.29) is 10.0 Å². The molecule has 2 heterocycles. The number of hydrogen-bond donors (Lipinski definition) is 0. The second-order valence-corrected chi connectivity index (χ2v) is 6.48. The van der Waals surface area contributed by atoms with Gasteiger partial charge in [-0.05, 0) is 17.7 Å². The first-order valence-corrected chi connectivity index (χ1v) is 6.24. The lowest BCUT2D eigenvalue weighted by Crippen LogP contribution is -2.11. The number of thioether (sulfide) groups is 1. The van der Waals surface area contributed by atoms with Crippen LogP contribution in [0.3, 0.4) is 0 Å². The molecular formula is C10H12ClN5S. The van der Waals surface area contributed by atoms with E-state index in [0.29, 0.717) is 11.1 Å². The second-order valence-electron chi connectivity index (χ2n) is 4.35. The highest BCUT2D eigenvalue weighted by molar-refractivity contribution is 8.00. The molecule has 0 aliphatic rings. The summed E-state index contributed by atoms with van der Waals surface area (Å²) in [6.07, 6.45) is 3.42. The molecule has 90 valence electrons. The fourth-order valence-corrected chi connectivity index (χ4v) is 2.14. The maximum absolute atomic E-state index is 5.88. The summed E-state index contributed by atoms with van der Waals surface area (Å²) in [6, 6.07) is 1.80. The van der Waals surface area contributed by atoms with Gasteiger partial charge in [0.25, 0.3) is 5.95 Å². The number of hydrogen-bond acceptors (Lipinski definition) is 5. The van der Waals surface area contributed by atoms with Crippen molar-refractivity contribution in [3.63, 3.8) is 0 Å². The normalized spacial score (nSPS) is 11.8. The summed E-state index contributed by atoms with van der Waals surface area (Å²) in [5.41, 5.74) is 0. The summed E-state index contributed by atoms with van der Waals surface area (Å²) in [7, 11) is 0. The van der Waals surface area contributed by atoms with Crippen molar-refractivity contribution in [2.45, 2.75) is 30.7 Å². The monoisotopic (exact) mass is 269 g/mol. The maximum Gasteiger partial charge on any atom is 0.255 e. The van der Waals surface area contributed by atoms with Gasteiger partial charge in [0.2, 0.25) is 5.28 Å². The minimum Gasteiger partial charge on any atom is -0.206 e. The Morgan fingerprint density at radius 1 is 1.24 bits per heavy atom. The first-order valence-electron chi connectivity index (χ1n) is 5.05. The van der Waals surface area contributed by atoms with Crippen molar-refractivity contribution in [2.24, 2.45) is 0 Å². The van der Waals surface area contributed by atoms with E-state index in [1.54, 1.807) is 23.1 Å². The van der Waals surface area contributed by atoms with Crippen LogP contribution in [-0.4, -0.2) is 29.5 Å². The lowest BCUT2D eigenvalue weighted by molar-refractivity contribution is 0.745. The highest BCUT2D eigenvalue weighted by atomic mass is 35.5. The lowest BCUT2D eigenvalue weighted by atomic mass is 10.3. The van der Waals surface area contributed by atoms with Crippen molar-refractivity contribution in [3.05, 3.63) is 23.7 Å². The van der Waals surface area contributed by atoms with Crippen molar-refractivity contribution in [3.8, 4) is 5.95 Å². The molecular weight excluding hydrogens is 258 g/mol. The van der Waals surface area contributed by atoms with E-state index in [2.05, 4.69) is 40.8 Å². The zero-order chi connectivity index (χ0) is 12.5. The third kappa shape index (κ3) is 3.41. The molecule has 0 saturated carbocycles. The molecule has 0 radical (unpaired) electrons. The Kier molecular flexibility index (Phi) is 3.35. The van der Waals surface area contributed by atoms with Crippen molar-refractivity contribution in [1.82, 2.24) is 24.7 Å². The first-order chi connectivity index (χ1) is 7.94. The lowest BCUT2D eigenvalue weighted by Gasteiger charge is -2.15. The summed E-state index contributed by atoms with van der Waals surface area (Å²) in [4.78, 5) is 12.4. The highest BCUT2D eigenvalue weighted by Crippen LogP contribution is 2.29. The van der Waals surface area contributed by atoms with Gasteiger partial charge in [-0.15, -0.1) is 0 Å².